The van der Waals surface area contributed by atoms with Crippen LogP contribution < -0.4 is 5.73 Å². The maximum Gasteiger partial charge on any atom is 0.159 e. The summed E-state index contributed by atoms with van der Waals surface area (Å²) in [7, 11) is 0. The van der Waals surface area contributed by atoms with Crippen LogP contribution in [0.15, 0.2) is 30.5 Å². The predicted octanol–water partition coefficient (Wildman–Crippen LogP) is 1.92. The van der Waals surface area contributed by atoms with E-state index in [9.17, 15) is 8.78 Å². The summed E-state index contributed by atoms with van der Waals surface area (Å²) in [5.74, 6) is -1.42. The molecule has 17 heavy (non-hydrogen) atoms. The van der Waals surface area contributed by atoms with E-state index in [1.807, 2.05) is 0 Å². The van der Waals surface area contributed by atoms with Crippen LogP contribution in [0.2, 0.25) is 0 Å². The second-order valence-corrected chi connectivity index (χ2v) is 3.54. The summed E-state index contributed by atoms with van der Waals surface area (Å²) >= 11 is 0. The van der Waals surface area contributed by atoms with Gasteiger partial charge >= 0.3 is 0 Å². The van der Waals surface area contributed by atoms with Crippen molar-refractivity contribution in [2.75, 3.05) is 6.54 Å². The molecule has 0 fully saturated rings. The van der Waals surface area contributed by atoms with Gasteiger partial charge in [0.2, 0.25) is 0 Å². The van der Waals surface area contributed by atoms with Crippen LogP contribution >= 0.6 is 0 Å². The summed E-state index contributed by atoms with van der Waals surface area (Å²) in [5.41, 5.74) is 6.65. The third kappa shape index (κ3) is 2.62. The van der Waals surface area contributed by atoms with Gasteiger partial charge in [0, 0.05) is 23.9 Å². The van der Waals surface area contributed by atoms with E-state index in [4.69, 9.17) is 5.73 Å². The number of nitrogens with two attached hydrogens (primary N) is 1. The number of aromatic nitrogens is 2. The molecule has 0 saturated carbocycles. The largest absolute Gasteiger partial charge is 0.330 e. The molecule has 2 N–H and O–H groups in total. The second kappa shape index (κ2) is 4.97. The molecule has 0 unspecified atom stereocenters. The molecular formula is C12H11F2N3. The summed E-state index contributed by atoms with van der Waals surface area (Å²) in [6, 6.07) is 5.33. The Bertz CT molecular complexity index is 529. The third-order valence-electron chi connectivity index (χ3n) is 2.29. The Labute approximate surface area is 97.3 Å². The van der Waals surface area contributed by atoms with Crippen LogP contribution in [0.25, 0.3) is 11.4 Å². The van der Waals surface area contributed by atoms with E-state index in [0.717, 1.165) is 17.8 Å². The molecule has 0 aliphatic heterocycles. The first-order chi connectivity index (χ1) is 8.20. The van der Waals surface area contributed by atoms with Crippen molar-refractivity contribution in [3.63, 3.8) is 0 Å². The van der Waals surface area contributed by atoms with Crippen LogP contribution in [0.1, 0.15) is 5.69 Å². The minimum atomic E-state index is -0.907. The average molecular weight is 235 g/mol. The first-order valence-electron chi connectivity index (χ1n) is 5.18. The maximum absolute atomic E-state index is 13.1. The van der Waals surface area contributed by atoms with Crippen molar-refractivity contribution in [3.05, 3.63) is 47.8 Å². The van der Waals surface area contributed by atoms with Crippen molar-refractivity contribution in [2.45, 2.75) is 6.42 Å². The molecular weight excluding hydrogens is 224 g/mol. The van der Waals surface area contributed by atoms with Gasteiger partial charge in [-0.15, -0.1) is 0 Å². The second-order valence-electron chi connectivity index (χ2n) is 3.54. The Balaban J connectivity index is 2.38. The lowest BCUT2D eigenvalue weighted by atomic mass is 10.2. The summed E-state index contributed by atoms with van der Waals surface area (Å²) < 4.78 is 25.8. The Kier molecular flexibility index (Phi) is 3.39. The van der Waals surface area contributed by atoms with E-state index in [2.05, 4.69) is 9.97 Å². The van der Waals surface area contributed by atoms with Crippen molar-refractivity contribution >= 4 is 0 Å². The number of halogens is 2. The molecule has 5 heteroatoms. The van der Waals surface area contributed by atoms with Crippen LogP contribution in [0, 0.1) is 11.6 Å². The van der Waals surface area contributed by atoms with E-state index >= 15 is 0 Å². The lowest BCUT2D eigenvalue weighted by molar-refractivity contribution is 0.509. The minimum Gasteiger partial charge on any atom is -0.330 e. The fourth-order valence-electron chi connectivity index (χ4n) is 1.46. The van der Waals surface area contributed by atoms with Crippen LogP contribution in [0.5, 0.6) is 0 Å². The fourth-order valence-corrected chi connectivity index (χ4v) is 1.46. The van der Waals surface area contributed by atoms with Gasteiger partial charge in [0.25, 0.3) is 0 Å². The number of rotatable bonds is 3. The molecule has 0 saturated heterocycles. The highest BCUT2D eigenvalue weighted by molar-refractivity contribution is 5.54. The molecule has 2 aromatic rings. The molecule has 2 rings (SSSR count). The molecule has 1 heterocycles. The van der Waals surface area contributed by atoms with E-state index in [1.54, 1.807) is 12.3 Å². The van der Waals surface area contributed by atoms with E-state index in [1.165, 1.54) is 6.07 Å². The molecule has 0 aliphatic carbocycles. The van der Waals surface area contributed by atoms with Gasteiger partial charge in [-0.25, -0.2) is 18.7 Å². The number of hydrogen-bond acceptors (Lipinski definition) is 3. The van der Waals surface area contributed by atoms with Crippen molar-refractivity contribution in [1.29, 1.82) is 0 Å². The number of benzene rings is 1. The van der Waals surface area contributed by atoms with Crippen LogP contribution in [0.4, 0.5) is 8.78 Å². The Hall–Kier alpha value is -1.88. The predicted molar refractivity (Wildman–Crippen MR) is 60.1 cm³/mol. The highest BCUT2D eigenvalue weighted by Gasteiger charge is 2.07. The quantitative estimate of drug-likeness (QED) is 0.884. The highest BCUT2D eigenvalue weighted by atomic mass is 19.2. The Morgan fingerprint density at radius 3 is 2.65 bits per heavy atom. The normalized spacial score (nSPS) is 10.5. The smallest absolute Gasteiger partial charge is 0.159 e. The van der Waals surface area contributed by atoms with Crippen molar-refractivity contribution < 1.29 is 8.78 Å². The van der Waals surface area contributed by atoms with Gasteiger partial charge in [0.05, 0.1) is 0 Å². The number of nitrogens with zero attached hydrogens (tertiary/aromatic N) is 2. The van der Waals surface area contributed by atoms with Gasteiger partial charge in [-0.1, -0.05) is 0 Å². The molecule has 0 bridgehead atoms. The molecule has 0 spiro atoms. The zero-order valence-electron chi connectivity index (χ0n) is 9.03. The topological polar surface area (TPSA) is 51.8 Å². The SMILES string of the molecule is NCCc1ccnc(-c2ccc(F)c(F)c2)n1. The first kappa shape index (κ1) is 11.6. The fraction of sp³-hybridized carbons (Fsp3) is 0.167. The van der Waals surface area contributed by atoms with Crippen LogP contribution in [0.3, 0.4) is 0 Å². The van der Waals surface area contributed by atoms with E-state index in [-0.39, 0.29) is 0 Å². The Morgan fingerprint density at radius 1 is 1.12 bits per heavy atom. The van der Waals surface area contributed by atoms with Crippen molar-refractivity contribution in [3.8, 4) is 11.4 Å². The zero-order chi connectivity index (χ0) is 12.3. The van der Waals surface area contributed by atoms with Gasteiger partial charge < -0.3 is 5.73 Å². The summed E-state index contributed by atoms with van der Waals surface area (Å²) in [5, 5.41) is 0. The molecule has 1 aromatic heterocycles. The Morgan fingerprint density at radius 2 is 1.94 bits per heavy atom. The maximum atomic E-state index is 13.1. The molecule has 0 aliphatic rings. The van der Waals surface area contributed by atoms with Crippen molar-refractivity contribution in [1.82, 2.24) is 9.97 Å². The number of hydrogen-bond donors (Lipinski definition) is 1. The lowest BCUT2D eigenvalue weighted by Gasteiger charge is -2.03. The van der Waals surface area contributed by atoms with E-state index in [0.29, 0.717) is 24.4 Å². The molecule has 0 atom stereocenters. The molecule has 0 amide bonds. The summed E-state index contributed by atoms with van der Waals surface area (Å²) in [6.45, 7) is 0.480. The van der Waals surface area contributed by atoms with E-state index < -0.39 is 11.6 Å². The molecule has 3 nitrogen and oxygen atoms in total. The van der Waals surface area contributed by atoms with Gasteiger partial charge in [-0.05, 0) is 30.8 Å². The lowest BCUT2D eigenvalue weighted by Crippen LogP contribution is -2.05. The first-order valence-corrected chi connectivity index (χ1v) is 5.18. The van der Waals surface area contributed by atoms with Crippen LogP contribution in [-0.2, 0) is 6.42 Å². The summed E-state index contributed by atoms with van der Waals surface area (Å²) in [6.07, 6.45) is 2.20. The van der Waals surface area contributed by atoms with Crippen LogP contribution in [-0.4, -0.2) is 16.5 Å². The van der Waals surface area contributed by atoms with Gasteiger partial charge in [0.15, 0.2) is 17.5 Å². The zero-order valence-corrected chi connectivity index (χ0v) is 9.03. The average Bonchev–Trinajstić information content (AvgIpc) is 2.33. The monoisotopic (exact) mass is 235 g/mol. The van der Waals surface area contributed by atoms with Gasteiger partial charge in [0.1, 0.15) is 0 Å². The van der Waals surface area contributed by atoms with Crippen molar-refractivity contribution in [2.24, 2.45) is 5.73 Å². The molecule has 1 aromatic carbocycles. The highest BCUT2D eigenvalue weighted by Crippen LogP contribution is 2.17. The standard InChI is InChI=1S/C12H11F2N3/c13-10-2-1-8(7-11(10)14)12-16-6-4-9(17-12)3-5-15/h1-2,4,6-7H,3,5,15H2. The molecule has 88 valence electrons. The summed E-state index contributed by atoms with van der Waals surface area (Å²) in [4.78, 5) is 8.24. The third-order valence-corrected chi connectivity index (χ3v) is 2.29. The van der Waals surface area contributed by atoms with Gasteiger partial charge in [-0.3, -0.25) is 0 Å². The van der Waals surface area contributed by atoms with Gasteiger partial charge in [-0.2, -0.15) is 0 Å². The minimum absolute atomic E-state index is 0.370. The molecule has 0 radical (unpaired) electrons.